The lowest BCUT2D eigenvalue weighted by Gasteiger charge is -2.29. The van der Waals surface area contributed by atoms with E-state index in [0.29, 0.717) is 5.56 Å². The Morgan fingerprint density at radius 2 is 1.91 bits per heavy atom. The highest BCUT2D eigenvalue weighted by atomic mass is 19.4. The van der Waals surface area contributed by atoms with Crippen molar-refractivity contribution in [3.8, 4) is 5.75 Å². The number of alkyl halides is 3. The molecule has 0 bridgehead atoms. The number of amides is 1. The Bertz CT molecular complexity index is 848. The first-order valence-corrected chi connectivity index (χ1v) is 9.76. The number of carbonyl (C=O) groups is 3. The van der Waals surface area contributed by atoms with Crippen LogP contribution in [0.2, 0.25) is 0 Å². The van der Waals surface area contributed by atoms with Gasteiger partial charge in [-0.1, -0.05) is 12.1 Å². The highest BCUT2D eigenvalue weighted by Gasteiger charge is 2.38. The molecule has 1 unspecified atom stereocenters. The first-order chi connectivity index (χ1) is 14.9. The number of benzene rings is 1. The van der Waals surface area contributed by atoms with Gasteiger partial charge < -0.3 is 29.2 Å². The smallest absolute Gasteiger partial charge is 0.534 e. The fourth-order valence-corrected chi connectivity index (χ4v) is 2.84. The van der Waals surface area contributed by atoms with Crippen molar-refractivity contribution in [2.75, 3.05) is 0 Å². The molecule has 2 rings (SSSR count). The minimum Gasteiger partial charge on any atom is -0.534 e. The number of rotatable bonds is 7. The molecule has 2 atom stereocenters. The van der Waals surface area contributed by atoms with E-state index in [9.17, 15) is 32.6 Å². The molecule has 1 aromatic rings. The SMILES string of the molecule is CC(C)OC(=O)OC(C)OC(=O)c1cccc2c1OB(O)[C@@H](NC(=O)CCC(F)(F)F)C2. The van der Waals surface area contributed by atoms with Crippen LogP contribution in [0.4, 0.5) is 18.0 Å². The van der Waals surface area contributed by atoms with E-state index in [1.807, 2.05) is 0 Å². The summed E-state index contributed by atoms with van der Waals surface area (Å²) < 4.78 is 56.8. The van der Waals surface area contributed by atoms with Crippen LogP contribution in [0.15, 0.2) is 18.2 Å². The van der Waals surface area contributed by atoms with Gasteiger partial charge in [-0.25, -0.2) is 9.59 Å². The highest BCUT2D eigenvalue weighted by Crippen LogP contribution is 2.31. The van der Waals surface area contributed by atoms with Crippen molar-refractivity contribution in [2.24, 2.45) is 0 Å². The molecule has 1 aliphatic heterocycles. The van der Waals surface area contributed by atoms with E-state index in [2.05, 4.69) is 5.32 Å². The van der Waals surface area contributed by atoms with Gasteiger partial charge in [-0.15, -0.1) is 0 Å². The van der Waals surface area contributed by atoms with Crippen molar-refractivity contribution in [3.63, 3.8) is 0 Å². The zero-order valence-corrected chi connectivity index (χ0v) is 17.6. The van der Waals surface area contributed by atoms with E-state index in [1.165, 1.54) is 19.1 Å². The minimum atomic E-state index is -4.48. The van der Waals surface area contributed by atoms with Crippen molar-refractivity contribution in [3.05, 3.63) is 29.3 Å². The molecular weight excluding hydrogens is 438 g/mol. The molecule has 0 spiro atoms. The Balaban J connectivity index is 2.02. The topological polar surface area (TPSA) is 120 Å². The molecule has 176 valence electrons. The van der Waals surface area contributed by atoms with Gasteiger partial charge in [0, 0.05) is 13.3 Å². The van der Waals surface area contributed by atoms with Crippen LogP contribution >= 0.6 is 0 Å². The third-order valence-electron chi connectivity index (χ3n) is 4.19. The molecule has 0 radical (unpaired) electrons. The van der Waals surface area contributed by atoms with Crippen LogP contribution in [0, 0.1) is 0 Å². The molecule has 13 heteroatoms. The van der Waals surface area contributed by atoms with Gasteiger partial charge in [-0.2, -0.15) is 13.2 Å². The summed E-state index contributed by atoms with van der Waals surface area (Å²) in [6.45, 7) is 4.53. The lowest BCUT2D eigenvalue weighted by Crippen LogP contribution is -2.53. The molecule has 1 amide bonds. The molecule has 1 aromatic carbocycles. The molecule has 0 aromatic heterocycles. The minimum absolute atomic E-state index is 0.00213. The largest absolute Gasteiger partial charge is 0.547 e. The van der Waals surface area contributed by atoms with E-state index >= 15 is 0 Å². The maximum atomic E-state index is 12.5. The number of hydrogen-bond donors (Lipinski definition) is 2. The van der Waals surface area contributed by atoms with Crippen LogP contribution in [-0.4, -0.2) is 54.7 Å². The summed E-state index contributed by atoms with van der Waals surface area (Å²) in [7, 11) is -1.61. The standard InChI is InChI=1S/C19H23BF3NO8/c1-10(2)29-18(27)31-11(3)30-17(26)13-6-4-5-12-9-14(20(28)32-16(12)13)24-15(25)7-8-19(21,22)23/h4-6,10-11,14,28H,7-9H2,1-3H3,(H,24,25)/t11?,14-/m0/s1. The molecule has 0 saturated carbocycles. The third kappa shape index (κ3) is 7.63. The quantitative estimate of drug-likeness (QED) is 0.361. The normalized spacial score (nSPS) is 16.5. The van der Waals surface area contributed by atoms with E-state index in [0.717, 1.165) is 0 Å². The zero-order valence-electron chi connectivity index (χ0n) is 17.6. The monoisotopic (exact) mass is 461 g/mol. The molecule has 9 nitrogen and oxygen atoms in total. The number of para-hydroxylation sites is 1. The second-order valence-electron chi connectivity index (χ2n) is 7.30. The maximum absolute atomic E-state index is 12.5. The van der Waals surface area contributed by atoms with Crippen molar-refractivity contribution in [1.29, 1.82) is 0 Å². The number of carbonyl (C=O) groups excluding carboxylic acids is 3. The zero-order chi connectivity index (χ0) is 24.1. The molecule has 0 aliphatic carbocycles. The first-order valence-electron chi connectivity index (χ1n) is 9.76. The number of hydrogen-bond acceptors (Lipinski definition) is 8. The average molecular weight is 461 g/mol. The van der Waals surface area contributed by atoms with Crippen LogP contribution in [0.1, 0.15) is 49.5 Å². The molecule has 1 aliphatic rings. The van der Waals surface area contributed by atoms with Gasteiger partial charge in [0.2, 0.25) is 12.2 Å². The Hall–Kier alpha value is -2.96. The molecular formula is C19H23BF3NO8. The van der Waals surface area contributed by atoms with Gasteiger partial charge in [0.25, 0.3) is 0 Å². The van der Waals surface area contributed by atoms with E-state index in [-0.39, 0.29) is 17.7 Å². The van der Waals surface area contributed by atoms with Crippen LogP contribution in [0.5, 0.6) is 5.75 Å². The predicted octanol–water partition coefficient (Wildman–Crippen LogP) is 2.53. The van der Waals surface area contributed by atoms with Gasteiger partial charge in [0.05, 0.1) is 18.5 Å². The summed E-state index contributed by atoms with van der Waals surface area (Å²) in [5, 5.41) is 12.5. The number of nitrogens with one attached hydrogen (secondary N) is 1. The van der Waals surface area contributed by atoms with Crippen molar-refractivity contribution >= 4 is 25.2 Å². The van der Waals surface area contributed by atoms with E-state index in [4.69, 9.17) is 18.9 Å². The predicted molar refractivity (Wildman–Crippen MR) is 104 cm³/mol. The Morgan fingerprint density at radius 1 is 1.22 bits per heavy atom. The second kappa shape index (κ2) is 10.6. The van der Waals surface area contributed by atoms with Gasteiger partial charge in [0.1, 0.15) is 11.3 Å². The molecule has 32 heavy (non-hydrogen) atoms. The highest BCUT2D eigenvalue weighted by molar-refractivity contribution is 6.47. The number of esters is 1. The van der Waals surface area contributed by atoms with Gasteiger partial charge in [-0.05, 0) is 31.9 Å². The number of ether oxygens (including phenoxy) is 3. The molecule has 0 fully saturated rings. The van der Waals surface area contributed by atoms with Crippen LogP contribution in [-0.2, 0) is 25.4 Å². The fraction of sp³-hybridized carbons (Fsp3) is 0.526. The van der Waals surface area contributed by atoms with Crippen molar-refractivity contribution in [1.82, 2.24) is 5.32 Å². The second-order valence-corrected chi connectivity index (χ2v) is 7.30. The lowest BCUT2D eigenvalue weighted by atomic mass is 9.72. The van der Waals surface area contributed by atoms with Crippen molar-refractivity contribution in [2.45, 2.75) is 64.5 Å². The molecule has 1 heterocycles. The first kappa shape index (κ1) is 25.3. The van der Waals surface area contributed by atoms with Crippen molar-refractivity contribution < 1.29 is 51.4 Å². The van der Waals surface area contributed by atoms with Crippen LogP contribution in [0.25, 0.3) is 0 Å². The van der Waals surface area contributed by atoms with E-state index < -0.39 is 62.5 Å². The summed E-state index contributed by atoms with van der Waals surface area (Å²) in [6, 6.07) is 4.42. The summed E-state index contributed by atoms with van der Waals surface area (Å²) >= 11 is 0. The lowest BCUT2D eigenvalue weighted by molar-refractivity contribution is -0.144. The maximum Gasteiger partial charge on any atom is 0.547 e. The Morgan fingerprint density at radius 3 is 2.53 bits per heavy atom. The van der Waals surface area contributed by atoms with Gasteiger partial charge in [0.15, 0.2) is 0 Å². The Kier molecular flexibility index (Phi) is 8.36. The fourth-order valence-electron chi connectivity index (χ4n) is 2.84. The summed E-state index contributed by atoms with van der Waals surface area (Å²) in [5.41, 5.74) is 0.342. The average Bonchev–Trinajstić information content (AvgIpc) is 2.65. The summed E-state index contributed by atoms with van der Waals surface area (Å²) in [6.07, 6.45) is -9.29. The van der Waals surface area contributed by atoms with Gasteiger partial charge in [-0.3, -0.25) is 4.79 Å². The number of fused-ring (bicyclic) bond motifs is 1. The van der Waals surface area contributed by atoms with Crippen LogP contribution < -0.4 is 9.97 Å². The van der Waals surface area contributed by atoms with Crippen LogP contribution in [0.3, 0.4) is 0 Å². The van der Waals surface area contributed by atoms with Gasteiger partial charge >= 0.3 is 25.4 Å². The molecule has 0 saturated heterocycles. The molecule has 2 N–H and O–H groups in total. The van der Waals surface area contributed by atoms with E-state index in [1.54, 1.807) is 19.9 Å². The Labute approximate surface area is 182 Å². The summed E-state index contributed by atoms with van der Waals surface area (Å²) in [5.74, 6) is -2.83. The third-order valence-corrected chi connectivity index (χ3v) is 4.19. The summed E-state index contributed by atoms with van der Waals surface area (Å²) in [4.78, 5) is 35.7. The number of halogens is 3.